The van der Waals surface area contributed by atoms with E-state index >= 15 is 0 Å². The third-order valence-corrected chi connectivity index (χ3v) is 5.46. The fourth-order valence-electron chi connectivity index (χ4n) is 3.33. The van der Waals surface area contributed by atoms with Gasteiger partial charge in [0.05, 0.1) is 6.61 Å². The van der Waals surface area contributed by atoms with Gasteiger partial charge in [0, 0.05) is 24.2 Å². The Kier molecular flexibility index (Phi) is 15.3. The van der Waals surface area contributed by atoms with Crippen LogP contribution in [-0.4, -0.2) is 68.6 Å². The molecule has 0 radical (unpaired) electrons. The van der Waals surface area contributed by atoms with Crippen molar-refractivity contribution in [3.05, 3.63) is 37.0 Å². The molecule has 0 aliphatic rings. The van der Waals surface area contributed by atoms with Crippen LogP contribution in [0.2, 0.25) is 0 Å². The normalized spacial score (nSPS) is 12.2. The summed E-state index contributed by atoms with van der Waals surface area (Å²) in [5.74, 6) is -1.30. The van der Waals surface area contributed by atoms with E-state index in [1.54, 1.807) is 19.9 Å². The lowest BCUT2D eigenvalue weighted by molar-refractivity contribution is -0.147. The number of rotatable bonds is 18. The van der Waals surface area contributed by atoms with Crippen LogP contribution in [0.5, 0.6) is 0 Å². The van der Waals surface area contributed by atoms with Crippen LogP contribution in [0.15, 0.2) is 37.0 Å². The van der Waals surface area contributed by atoms with Gasteiger partial charge in [0.2, 0.25) is 0 Å². The molecule has 0 rings (SSSR count). The standard InChI is InChI=1S/C28H46N2O8/c1-11-14-37-28(9,10)25(33)30-16-21(6)15-27(7,8)12-13-29-26(34)38-22(17-35-23(31)19(2)3)18-36-24(32)20(4)5/h11,21-22H,1-2,4,12-18H2,3,5-10H3,(H,29,34)(H,30,33). The molecule has 216 valence electrons. The van der Waals surface area contributed by atoms with E-state index in [-0.39, 0.29) is 41.6 Å². The zero-order chi connectivity index (χ0) is 29.5. The Hall–Kier alpha value is -3.14. The van der Waals surface area contributed by atoms with Crippen molar-refractivity contribution in [2.45, 2.75) is 73.0 Å². The third kappa shape index (κ3) is 15.2. The Morgan fingerprint density at radius 3 is 1.92 bits per heavy atom. The molecule has 0 aliphatic heterocycles. The molecule has 0 aromatic rings. The molecule has 2 amide bonds. The average molecular weight is 539 g/mol. The molecule has 0 saturated heterocycles. The molecule has 0 aromatic carbocycles. The fourth-order valence-corrected chi connectivity index (χ4v) is 3.33. The van der Waals surface area contributed by atoms with Crippen molar-refractivity contribution in [2.75, 3.05) is 32.9 Å². The van der Waals surface area contributed by atoms with E-state index < -0.39 is 29.7 Å². The van der Waals surface area contributed by atoms with Crippen molar-refractivity contribution in [2.24, 2.45) is 11.3 Å². The smallest absolute Gasteiger partial charge is 0.407 e. The maximum Gasteiger partial charge on any atom is 0.407 e. The highest BCUT2D eigenvalue weighted by atomic mass is 16.6. The lowest BCUT2D eigenvalue weighted by atomic mass is 9.80. The summed E-state index contributed by atoms with van der Waals surface area (Å²) in [6.45, 7) is 23.7. The summed E-state index contributed by atoms with van der Waals surface area (Å²) in [5, 5.41) is 5.61. The van der Waals surface area contributed by atoms with E-state index in [2.05, 4.69) is 44.2 Å². The van der Waals surface area contributed by atoms with E-state index in [4.69, 9.17) is 18.9 Å². The lowest BCUT2D eigenvalue weighted by Gasteiger charge is -2.29. The number of hydrogen-bond donors (Lipinski definition) is 2. The van der Waals surface area contributed by atoms with E-state index in [1.807, 2.05) is 6.92 Å². The Morgan fingerprint density at radius 1 is 0.921 bits per heavy atom. The molecule has 0 aliphatic carbocycles. The second-order valence-corrected chi connectivity index (χ2v) is 10.8. The van der Waals surface area contributed by atoms with Gasteiger partial charge < -0.3 is 29.6 Å². The monoisotopic (exact) mass is 538 g/mol. The molecule has 2 N–H and O–H groups in total. The Morgan fingerprint density at radius 2 is 1.45 bits per heavy atom. The second kappa shape index (κ2) is 16.7. The van der Waals surface area contributed by atoms with E-state index in [1.165, 1.54) is 13.8 Å². The second-order valence-electron chi connectivity index (χ2n) is 10.8. The highest BCUT2D eigenvalue weighted by Gasteiger charge is 2.29. The zero-order valence-electron chi connectivity index (χ0n) is 24.1. The van der Waals surface area contributed by atoms with Crippen LogP contribution in [0.1, 0.15) is 61.3 Å². The number of alkyl carbamates (subject to hydrolysis) is 1. The average Bonchev–Trinajstić information content (AvgIpc) is 2.81. The number of amides is 2. The molecule has 38 heavy (non-hydrogen) atoms. The van der Waals surface area contributed by atoms with Crippen LogP contribution in [0.25, 0.3) is 0 Å². The minimum absolute atomic E-state index is 0.139. The molecule has 10 heteroatoms. The first-order valence-corrected chi connectivity index (χ1v) is 12.6. The molecule has 0 bridgehead atoms. The predicted octanol–water partition coefficient (Wildman–Crippen LogP) is 3.86. The number of carbonyl (C=O) groups excluding carboxylic acids is 4. The van der Waals surface area contributed by atoms with Gasteiger partial charge in [-0.25, -0.2) is 14.4 Å². The quantitative estimate of drug-likeness (QED) is 0.116. The van der Waals surface area contributed by atoms with Gasteiger partial charge >= 0.3 is 18.0 Å². The maximum atomic E-state index is 12.4. The first-order chi connectivity index (χ1) is 17.5. The Bertz CT molecular complexity index is 833. The van der Waals surface area contributed by atoms with Gasteiger partial charge in [-0.2, -0.15) is 0 Å². The Balaban J connectivity index is 4.69. The van der Waals surface area contributed by atoms with Crippen LogP contribution >= 0.6 is 0 Å². The summed E-state index contributed by atoms with van der Waals surface area (Å²) in [6.07, 6.45) is 1.31. The van der Waals surface area contributed by atoms with Crippen molar-refractivity contribution in [1.82, 2.24) is 10.6 Å². The van der Waals surface area contributed by atoms with E-state index in [0.29, 0.717) is 26.1 Å². The predicted molar refractivity (Wildman–Crippen MR) is 145 cm³/mol. The Labute approximate surface area is 227 Å². The number of nitrogens with one attached hydrogen (secondary N) is 2. The number of hydrogen-bond acceptors (Lipinski definition) is 8. The fraction of sp³-hybridized carbons (Fsp3) is 0.643. The van der Waals surface area contributed by atoms with Crippen LogP contribution in [0, 0.1) is 11.3 Å². The highest BCUT2D eigenvalue weighted by Crippen LogP contribution is 2.28. The van der Waals surface area contributed by atoms with E-state index in [9.17, 15) is 19.2 Å². The van der Waals surface area contributed by atoms with Crippen LogP contribution in [-0.2, 0) is 33.3 Å². The maximum absolute atomic E-state index is 12.4. The zero-order valence-corrected chi connectivity index (χ0v) is 24.1. The largest absolute Gasteiger partial charge is 0.458 e. The van der Waals surface area contributed by atoms with Crippen molar-refractivity contribution < 1.29 is 38.1 Å². The van der Waals surface area contributed by atoms with Crippen LogP contribution in [0.4, 0.5) is 4.79 Å². The third-order valence-electron chi connectivity index (χ3n) is 5.46. The van der Waals surface area contributed by atoms with Gasteiger partial charge in [0.1, 0.15) is 18.8 Å². The van der Waals surface area contributed by atoms with Crippen molar-refractivity contribution in [1.29, 1.82) is 0 Å². The van der Waals surface area contributed by atoms with Crippen LogP contribution in [0.3, 0.4) is 0 Å². The molecule has 0 spiro atoms. The van der Waals surface area contributed by atoms with Gasteiger partial charge in [-0.3, -0.25) is 4.79 Å². The summed E-state index contributed by atoms with van der Waals surface area (Å²) in [6, 6.07) is 0. The minimum Gasteiger partial charge on any atom is -0.458 e. The lowest BCUT2D eigenvalue weighted by Crippen LogP contribution is -2.46. The molecular formula is C28H46N2O8. The number of esters is 2. The first kappa shape index (κ1) is 34.9. The van der Waals surface area contributed by atoms with Crippen molar-refractivity contribution in [3.63, 3.8) is 0 Å². The van der Waals surface area contributed by atoms with Gasteiger partial charge in [0.15, 0.2) is 6.10 Å². The molecule has 0 aromatic heterocycles. The van der Waals surface area contributed by atoms with Gasteiger partial charge in [0.25, 0.3) is 5.91 Å². The van der Waals surface area contributed by atoms with E-state index in [0.717, 1.165) is 6.42 Å². The first-order valence-electron chi connectivity index (χ1n) is 12.6. The topological polar surface area (TPSA) is 129 Å². The molecule has 1 unspecified atom stereocenters. The highest BCUT2D eigenvalue weighted by molar-refractivity contribution is 5.87. The summed E-state index contributed by atoms with van der Waals surface area (Å²) in [4.78, 5) is 48.1. The molecule has 0 heterocycles. The van der Waals surface area contributed by atoms with Crippen molar-refractivity contribution >= 4 is 23.9 Å². The summed E-state index contributed by atoms with van der Waals surface area (Å²) >= 11 is 0. The molecule has 10 nitrogen and oxygen atoms in total. The number of carbonyl (C=O) groups is 4. The summed E-state index contributed by atoms with van der Waals surface area (Å²) in [7, 11) is 0. The van der Waals surface area contributed by atoms with Gasteiger partial charge in [-0.1, -0.05) is 40.0 Å². The number of ether oxygens (including phenoxy) is 4. The molecule has 0 saturated carbocycles. The SMILES string of the molecule is C=CCOC(C)(C)C(=O)NCC(C)CC(C)(C)CCNC(=O)OC(COC(=O)C(=C)C)COC(=O)C(=C)C. The summed E-state index contributed by atoms with van der Waals surface area (Å²) < 4.78 is 20.9. The molecule has 0 fully saturated rings. The van der Waals surface area contributed by atoms with Crippen LogP contribution < -0.4 is 10.6 Å². The molecular weight excluding hydrogens is 492 g/mol. The summed E-state index contributed by atoms with van der Waals surface area (Å²) in [5.41, 5.74) is -0.711. The minimum atomic E-state index is -1.00. The van der Waals surface area contributed by atoms with Gasteiger partial charge in [-0.15, -0.1) is 6.58 Å². The molecule has 1 atom stereocenters. The van der Waals surface area contributed by atoms with Gasteiger partial charge in [-0.05, 0) is 51.9 Å². The van der Waals surface area contributed by atoms with Crippen molar-refractivity contribution in [3.8, 4) is 0 Å².